The van der Waals surface area contributed by atoms with Crippen molar-refractivity contribution in [2.45, 2.75) is 37.5 Å². The van der Waals surface area contributed by atoms with E-state index in [1.54, 1.807) is 6.92 Å². The van der Waals surface area contributed by atoms with E-state index in [1.807, 2.05) is 0 Å². The molecule has 1 fully saturated rings. The molecule has 3 nitrogen and oxygen atoms in total. The Kier molecular flexibility index (Phi) is 4.59. The van der Waals surface area contributed by atoms with Crippen molar-refractivity contribution < 1.29 is 14.6 Å². The largest absolute Gasteiger partial charge is 0.465 e. The molecule has 1 N–H and O–H groups in total. The van der Waals surface area contributed by atoms with Crippen LogP contribution in [-0.4, -0.2) is 34.8 Å². The van der Waals surface area contributed by atoms with Crippen LogP contribution in [0, 0.1) is 0 Å². The molecule has 0 spiro atoms. The quantitative estimate of drug-likeness (QED) is 0.699. The van der Waals surface area contributed by atoms with Gasteiger partial charge in [0.25, 0.3) is 0 Å². The van der Waals surface area contributed by atoms with Crippen LogP contribution in [0.1, 0.15) is 26.2 Å². The van der Waals surface area contributed by atoms with E-state index in [-0.39, 0.29) is 17.3 Å². The minimum atomic E-state index is -0.223. The zero-order chi connectivity index (χ0) is 9.68. The lowest BCUT2D eigenvalue weighted by Crippen LogP contribution is -2.18. The first kappa shape index (κ1) is 10.9. The molecule has 2 atom stereocenters. The summed E-state index contributed by atoms with van der Waals surface area (Å²) >= 11 is 1.52. The standard InChI is InChI=1S/C9H16O3S/c1-2-12-9(11)6-13-8-5-3-4-7(8)10/h7-8,10H,2-6H2,1H3/t7-,8-/m1/s1. The van der Waals surface area contributed by atoms with Gasteiger partial charge in [-0.25, -0.2) is 0 Å². The highest BCUT2D eigenvalue weighted by Gasteiger charge is 2.26. The molecule has 1 aliphatic rings. The van der Waals surface area contributed by atoms with Gasteiger partial charge in [-0.15, -0.1) is 11.8 Å². The van der Waals surface area contributed by atoms with Crippen LogP contribution in [0.2, 0.25) is 0 Å². The average molecular weight is 204 g/mol. The van der Waals surface area contributed by atoms with E-state index in [0.717, 1.165) is 19.3 Å². The molecule has 4 heteroatoms. The highest BCUT2D eigenvalue weighted by molar-refractivity contribution is 8.00. The lowest BCUT2D eigenvalue weighted by molar-refractivity contribution is -0.139. The van der Waals surface area contributed by atoms with Gasteiger partial charge in [0.15, 0.2) is 0 Å². The number of carbonyl (C=O) groups is 1. The molecule has 1 rings (SSSR count). The fourth-order valence-electron chi connectivity index (χ4n) is 1.48. The highest BCUT2D eigenvalue weighted by Crippen LogP contribution is 2.29. The van der Waals surface area contributed by atoms with Crippen molar-refractivity contribution in [2.75, 3.05) is 12.4 Å². The maximum atomic E-state index is 11.0. The Balaban J connectivity index is 2.14. The summed E-state index contributed by atoms with van der Waals surface area (Å²) in [7, 11) is 0. The van der Waals surface area contributed by atoms with Gasteiger partial charge in [-0.2, -0.15) is 0 Å². The molecule has 0 saturated heterocycles. The number of aliphatic hydroxyl groups is 1. The fourth-order valence-corrected chi connectivity index (χ4v) is 2.60. The number of hydrogen-bond acceptors (Lipinski definition) is 4. The van der Waals surface area contributed by atoms with Gasteiger partial charge in [-0.05, 0) is 26.2 Å². The third-order valence-electron chi connectivity index (χ3n) is 2.14. The van der Waals surface area contributed by atoms with Crippen molar-refractivity contribution in [1.82, 2.24) is 0 Å². The third kappa shape index (κ3) is 3.56. The number of carbonyl (C=O) groups excluding carboxylic acids is 1. The van der Waals surface area contributed by atoms with E-state index in [1.165, 1.54) is 11.8 Å². The Morgan fingerprint density at radius 1 is 1.62 bits per heavy atom. The SMILES string of the molecule is CCOC(=O)CS[C@@H]1CCC[C@H]1O. The van der Waals surface area contributed by atoms with Gasteiger partial charge < -0.3 is 9.84 Å². The number of esters is 1. The zero-order valence-electron chi connectivity index (χ0n) is 7.86. The van der Waals surface area contributed by atoms with E-state index in [2.05, 4.69) is 0 Å². The summed E-state index contributed by atoms with van der Waals surface area (Å²) in [5.74, 6) is 0.196. The number of rotatable bonds is 4. The Morgan fingerprint density at radius 3 is 2.92 bits per heavy atom. The van der Waals surface area contributed by atoms with Gasteiger partial charge in [-0.3, -0.25) is 4.79 Å². The molecule has 0 amide bonds. The Labute approximate surface area is 82.8 Å². The van der Waals surface area contributed by atoms with E-state index in [4.69, 9.17) is 4.74 Å². The molecule has 0 aliphatic heterocycles. The number of thioether (sulfide) groups is 1. The Bertz CT molecular complexity index is 172. The summed E-state index contributed by atoms with van der Waals surface area (Å²) in [5.41, 5.74) is 0. The summed E-state index contributed by atoms with van der Waals surface area (Å²) in [6.07, 6.45) is 2.74. The second-order valence-corrected chi connectivity index (χ2v) is 4.38. The molecule has 0 unspecified atom stereocenters. The molecule has 0 radical (unpaired) electrons. The van der Waals surface area contributed by atoms with E-state index < -0.39 is 0 Å². The predicted octanol–water partition coefficient (Wildman–Crippen LogP) is 1.20. The zero-order valence-corrected chi connectivity index (χ0v) is 8.68. The highest BCUT2D eigenvalue weighted by atomic mass is 32.2. The average Bonchev–Trinajstić information content (AvgIpc) is 2.48. The first-order valence-corrected chi connectivity index (χ1v) is 5.74. The minimum absolute atomic E-state index is 0.174. The summed E-state index contributed by atoms with van der Waals surface area (Å²) in [6, 6.07) is 0. The summed E-state index contributed by atoms with van der Waals surface area (Å²) in [5, 5.41) is 9.70. The Morgan fingerprint density at radius 2 is 2.38 bits per heavy atom. The smallest absolute Gasteiger partial charge is 0.315 e. The first-order valence-electron chi connectivity index (χ1n) is 4.69. The van der Waals surface area contributed by atoms with Crippen molar-refractivity contribution in [1.29, 1.82) is 0 Å². The van der Waals surface area contributed by atoms with Crippen LogP contribution < -0.4 is 0 Å². The molecular formula is C9H16O3S. The summed E-state index contributed by atoms with van der Waals surface area (Å²) in [4.78, 5) is 11.0. The van der Waals surface area contributed by atoms with Crippen molar-refractivity contribution in [2.24, 2.45) is 0 Å². The monoisotopic (exact) mass is 204 g/mol. The van der Waals surface area contributed by atoms with Crippen LogP contribution in [0.25, 0.3) is 0 Å². The van der Waals surface area contributed by atoms with Crippen molar-refractivity contribution in [3.8, 4) is 0 Å². The molecule has 1 aliphatic carbocycles. The maximum absolute atomic E-state index is 11.0. The van der Waals surface area contributed by atoms with Gasteiger partial charge in [0, 0.05) is 5.25 Å². The Hall–Kier alpha value is -0.220. The van der Waals surface area contributed by atoms with Crippen LogP contribution in [0.3, 0.4) is 0 Å². The fraction of sp³-hybridized carbons (Fsp3) is 0.889. The van der Waals surface area contributed by atoms with Crippen LogP contribution >= 0.6 is 11.8 Å². The van der Waals surface area contributed by atoms with Gasteiger partial charge in [-0.1, -0.05) is 0 Å². The molecule has 0 aromatic heterocycles. The van der Waals surface area contributed by atoms with E-state index >= 15 is 0 Å². The number of ether oxygens (including phenoxy) is 1. The van der Waals surface area contributed by atoms with Crippen LogP contribution in [0.5, 0.6) is 0 Å². The predicted molar refractivity (Wildman–Crippen MR) is 52.7 cm³/mol. The minimum Gasteiger partial charge on any atom is -0.465 e. The second-order valence-electron chi connectivity index (χ2n) is 3.15. The van der Waals surface area contributed by atoms with Crippen LogP contribution in [0.15, 0.2) is 0 Å². The summed E-state index contributed by atoms with van der Waals surface area (Å²) < 4.78 is 4.80. The molecule has 0 heterocycles. The topological polar surface area (TPSA) is 46.5 Å². The first-order chi connectivity index (χ1) is 6.24. The van der Waals surface area contributed by atoms with E-state index in [0.29, 0.717) is 12.4 Å². The third-order valence-corrected chi connectivity index (χ3v) is 3.52. The lowest BCUT2D eigenvalue weighted by Gasteiger charge is -2.12. The molecule has 1 saturated carbocycles. The number of hydrogen-bond donors (Lipinski definition) is 1. The molecule has 0 bridgehead atoms. The van der Waals surface area contributed by atoms with Gasteiger partial charge in [0.1, 0.15) is 0 Å². The maximum Gasteiger partial charge on any atom is 0.315 e. The molecule has 76 valence electrons. The lowest BCUT2D eigenvalue weighted by atomic mass is 10.3. The molecule has 0 aromatic carbocycles. The molecular weight excluding hydrogens is 188 g/mol. The van der Waals surface area contributed by atoms with Crippen molar-refractivity contribution >= 4 is 17.7 Å². The van der Waals surface area contributed by atoms with Crippen molar-refractivity contribution in [3.05, 3.63) is 0 Å². The van der Waals surface area contributed by atoms with Crippen molar-refractivity contribution in [3.63, 3.8) is 0 Å². The molecule has 0 aromatic rings. The van der Waals surface area contributed by atoms with Gasteiger partial charge >= 0.3 is 5.97 Å². The van der Waals surface area contributed by atoms with Gasteiger partial charge in [0.2, 0.25) is 0 Å². The van der Waals surface area contributed by atoms with E-state index in [9.17, 15) is 9.90 Å². The van der Waals surface area contributed by atoms with Crippen LogP contribution in [-0.2, 0) is 9.53 Å². The van der Waals surface area contributed by atoms with Gasteiger partial charge in [0.05, 0.1) is 18.5 Å². The summed E-state index contributed by atoms with van der Waals surface area (Å²) in [6.45, 7) is 2.24. The second kappa shape index (κ2) is 5.50. The normalized spacial score (nSPS) is 27.5. The molecule has 13 heavy (non-hydrogen) atoms. The number of aliphatic hydroxyl groups excluding tert-OH is 1. The van der Waals surface area contributed by atoms with Crippen LogP contribution in [0.4, 0.5) is 0 Å².